The van der Waals surface area contributed by atoms with Crippen molar-refractivity contribution in [1.29, 1.82) is 0 Å². The van der Waals surface area contributed by atoms with Crippen LogP contribution in [0.5, 0.6) is 0 Å². The van der Waals surface area contributed by atoms with Gasteiger partial charge in [0.05, 0.1) is 12.1 Å². The summed E-state index contributed by atoms with van der Waals surface area (Å²) in [6, 6.07) is 0.533. The predicted molar refractivity (Wildman–Crippen MR) is 72.3 cm³/mol. The first-order chi connectivity index (χ1) is 7.43. The zero-order chi connectivity index (χ0) is 12.2. The van der Waals surface area contributed by atoms with Gasteiger partial charge in [-0.1, -0.05) is 18.7 Å². The van der Waals surface area contributed by atoms with Crippen molar-refractivity contribution in [2.45, 2.75) is 57.9 Å². The van der Waals surface area contributed by atoms with Crippen LogP contribution in [-0.4, -0.2) is 35.2 Å². The Balaban J connectivity index is 2.50. The summed E-state index contributed by atoms with van der Waals surface area (Å²) in [6.45, 7) is 12.1. The second-order valence-corrected chi connectivity index (χ2v) is 6.45. The Kier molecular flexibility index (Phi) is 5.12. The molecule has 0 aromatic rings. The van der Waals surface area contributed by atoms with Crippen molar-refractivity contribution < 1.29 is 4.74 Å². The molecule has 1 saturated heterocycles. The van der Waals surface area contributed by atoms with Gasteiger partial charge in [0.25, 0.3) is 0 Å². The molecular formula is C12H24N2OS. The Morgan fingerprint density at radius 3 is 2.75 bits per heavy atom. The van der Waals surface area contributed by atoms with Crippen LogP contribution in [0.2, 0.25) is 0 Å². The minimum absolute atomic E-state index is 0.159. The van der Waals surface area contributed by atoms with E-state index in [0.717, 1.165) is 18.3 Å². The highest BCUT2D eigenvalue weighted by Gasteiger charge is 2.22. The summed E-state index contributed by atoms with van der Waals surface area (Å²) in [5.41, 5.74) is -0.159. The quantitative estimate of drug-likeness (QED) is 0.825. The van der Waals surface area contributed by atoms with Crippen LogP contribution in [0, 0.1) is 0 Å². The Hall–Kier alpha value is -0.220. The smallest absolute Gasteiger partial charge is 0.157 e. The highest BCUT2D eigenvalue weighted by Crippen LogP contribution is 2.22. The molecular weight excluding hydrogens is 220 g/mol. The highest BCUT2D eigenvalue weighted by molar-refractivity contribution is 8.14. The maximum Gasteiger partial charge on any atom is 0.157 e. The fraction of sp³-hybridized carbons (Fsp3) is 0.917. The van der Waals surface area contributed by atoms with Crippen molar-refractivity contribution in [3.63, 3.8) is 0 Å². The highest BCUT2D eigenvalue weighted by atomic mass is 32.2. The molecule has 0 bridgehead atoms. The molecule has 1 N–H and O–H groups in total. The van der Waals surface area contributed by atoms with Crippen LogP contribution in [0.4, 0.5) is 0 Å². The molecule has 0 saturated carbocycles. The number of hydrogen-bond donors (Lipinski definition) is 1. The molecule has 1 fully saturated rings. The molecule has 94 valence electrons. The third kappa shape index (κ3) is 4.74. The predicted octanol–water partition coefficient (Wildman–Crippen LogP) is 2.66. The van der Waals surface area contributed by atoms with Gasteiger partial charge in [0, 0.05) is 17.9 Å². The molecule has 0 amide bonds. The number of amidine groups is 1. The second kappa shape index (κ2) is 5.92. The number of hydrogen-bond acceptors (Lipinski definition) is 3. The Morgan fingerprint density at radius 2 is 2.19 bits per heavy atom. The van der Waals surface area contributed by atoms with E-state index in [2.05, 4.69) is 38.0 Å². The van der Waals surface area contributed by atoms with Crippen molar-refractivity contribution in [3.05, 3.63) is 0 Å². The number of ether oxygens (including phenoxy) is 1. The van der Waals surface area contributed by atoms with E-state index in [4.69, 9.17) is 4.74 Å². The summed E-state index contributed by atoms with van der Waals surface area (Å²) < 4.78 is 5.63. The standard InChI is InChI=1S/C12H24N2OS/c1-6-15-12(4,5)8-13-11-14-9(2)7-10(3)16-11/h9-10H,6-8H2,1-5H3,(H,13,14). The van der Waals surface area contributed by atoms with Crippen LogP contribution in [0.15, 0.2) is 4.99 Å². The summed E-state index contributed by atoms with van der Waals surface area (Å²) in [4.78, 5) is 4.62. The van der Waals surface area contributed by atoms with Gasteiger partial charge >= 0.3 is 0 Å². The Morgan fingerprint density at radius 1 is 1.50 bits per heavy atom. The molecule has 1 rings (SSSR count). The largest absolute Gasteiger partial charge is 0.374 e. The van der Waals surface area contributed by atoms with Gasteiger partial charge in [-0.2, -0.15) is 0 Å². The van der Waals surface area contributed by atoms with Crippen LogP contribution in [-0.2, 0) is 4.74 Å². The molecule has 0 aromatic carbocycles. The Bertz CT molecular complexity index is 241. The first-order valence-corrected chi connectivity index (χ1v) is 6.92. The summed E-state index contributed by atoms with van der Waals surface area (Å²) in [5.74, 6) is 0. The van der Waals surface area contributed by atoms with Gasteiger partial charge < -0.3 is 10.1 Å². The van der Waals surface area contributed by atoms with Crippen molar-refractivity contribution in [3.8, 4) is 0 Å². The number of nitrogens with zero attached hydrogens (tertiary/aromatic N) is 1. The second-order valence-electron chi connectivity index (χ2n) is 5.02. The number of rotatable bonds is 4. The van der Waals surface area contributed by atoms with Gasteiger partial charge in [0.1, 0.15) is 0 Å². The maximum atomic E-state index is 5.63. The average Bonchev–Trinajstić information content (AvgIpc) is 2.13. The average molecular weight is 244 g/mol. The summed E-state index contributed by atoms with van der Waals surface area (Å²) in [6.07, 6.45) is 1.21. The fourth-order valence-electron chi connectivity index (χ4n) is 1.82. The SMILES string of the molecule is CCOC(C)(C)CN=C1NC(C)CC(C)S1. The normalized spacial score (nSPS) is 29.2. The van der Waals surface area contributed by atoms with Gasteiger partial charge in [0.2, 0.25) is 0 Å². The van der Waals surface area contributed by atoms with E-state index in [1.807, 2.05) is 18.7 Å². The lowest BCUT2D eigenvalue weighted by atomic mass is 10.1. The number of thioether (sulfide) groups is 1. The lowest BCUT2D eigenvalue weighted by Gasteiger charge is -2.28. The number of nitrogens with one attached hydrogen (secondary N) is 1. The molecule has 4 heteroatoms. The molecule has 3 nitrogen and oxygen atoms in total. The minimum atomic E-state index is -0.159. The summed E-state index contributed by atoms with van der Waals surface area (Å²) >= 11 is 1.83. The van der Waals surface area contributed by atoms with Crippen molar-refractivity contribution in [2.75, 3.05) is 13.2 Å². The van der Waals surface area contributed by atoms with E-state index in [1.165, 1.54) is 6.42 Å². The maximum absolute atomic E-state index is 5.63. The van der Waals surface area contributed by atoms with E-state index >= 15 is 0 Å². The monoisotopic (exact) mass is 244 g/mol. The van der Waals surface area contributed by atoms with Gasteiger partial charge in [-0.3, -0.25) is 4.99 Å². The lowest BCUT2D eigenvalue weighted by Crippen LogP contribution is -2.39. The van der Waals surface area contributed by atoms with Crippen LogP contribution in [0.25, 0.3) is 0 Å². The molecule has 16 heavy (non-hydrogen) atoms. The molecule has 1 heterocycles. The lowest BCUT2D eigenvalue weighted by molar-refractivity contribution is -0.00209. The number of aliphatic imine (C=N–C) groups is 1. The third-order valence-electron chi connectivity index (χ3n) is 2.51. The molecule has 2 atom stereocenters. The van der Waals surface area contributed by atoms with Crippen molar-refractivity contribution >= 4 is 16.9 Å². The van der Waals surface area contributed by atoms with Gasteiger partial charge in [0.15, 0.2) is 5.17 Å². The van der Waals surface area contributed by atoms with E-state index < -0.39 is 0 Å². The van der Waals surface area contributed by atoms with E-state index in [1.54, 1.807) is 0 Å². The molecule has 1 aliphatic rings. The van der Waals surface area contributed by atoms with E-state index in [0.29, 0.717) is 11.3 Å². The van der Waals surface area contributed by atoms with Crippen LogP contribution in [0.1, 0.15) is 41.0 Å². The minimum Gasteiger partial charge on any atom is -0.374 e. The molecule has 0 aliphatic carbocycles. The Labute approximate surface area is 103 Å². The zero-order valence-electron chi connectivity index (χ0n) is 11.0. The zero-order valence-corrected chi connectivity index (χ0v) is 11.9. The molecule has 0 spiro atoms. The third-order valence-corrected chi connectivity index (χ3v) is 3.57. The summed E-state index contributed by atoms with van der Waals surface area (Å²) in [7, 11) is 0. The molecule has 0 aromatic heterocycles. The first-order valence-electron chi connectivity index (χ1n) is 6.04. The fourth-order valence-corrected chi connectivity index (χ4v) is 3.00. The molecule has 1 aliphatic heterocycles. The molecule has 2 unspecified atom stereocenters. The van der Waals surface area contributed by atoms with Crippen LogP contribution >= 0.6 is 11.8 Å². The van der Waals surface area contributed by atoms with Gasteiger partial charge in [-0.25, -0.2) is 0 Å². The van der Waals surface area contributed by atoms with Crippen LogP contribution < -0.4 is 5.32 Å². The summed E-state index contributed by atoms with van der Waals surface area (Å²) in [5, 5.41) is 5.14. The van der Waals surface area contributed by atoms with Gasteiger partial charge in [-0.15, -0.1) is 0 Å². The molecule has 0 radical (unpaired) electrons. The van der Waals surface area contributed by atoms with Gasteiger partial charge in [-0.05, 0) is 34.1 Å². The van der Waals surface area contributed by atoms with E-state index in [9.17, 15) is 0 Å². The van der Waals surface area contributed by atoms with Crippen molar-refractivity contribution in [2.24, 2.45) is 4.99 Å². The topological polar surface area (TPSA) is 33.6 Å². The van der Waals surface area contributed by atoms with Crippen LogP contribution in [0.3, 0.4) is 0 Å². The van der Waals surface area contributed by atoms with E-state index in [-0.39, 0.29) is 5.60 Å². The first kappa shape index (κ1) is 13.8. The van der Waals surface area contributed by atoms with Crippen molar-refractivity contribution in [1.82, 2.24) is 5.32 Å².